The predicted octanol–water partition coefficient (Wildman–Crippen LogP) is 3.10. The summed E-state index contributed by atoms with van der Waals surface area (Å²) in [7, 11) is 0. The van der Waals surface area contributed by atoms with Gasteiger partial charge in [-0.1, -0.05) is 18.2 Å². The van der Waals surface area contributed by atoms with Gasteiger partial charge in [0.05, 0.1) is 19.6 Å². The van der Waals surface area contributed by atoms with Gasteiger partial charge in [-0.05, 0) is 54.8 Å². The van der Waals surface area contributed by atoms with Gasteiger partial charge in [0.15, 0.2) is 0 Å². The fourth-order valence-corrected chi connectivity index (χ4v) is 3.77. The molecule has 1 aromatic carbocycles. The summed E-state index contributed by atoms with van der Waals surface area (Å²) < 4.78 is 5.40. The number of amides is 1. The van der Waals surface area contributed by atoms with Crippen LogP contribution in [0.1, 0.15) is 30.2 Å². The van der Waals surface area contributed by atoms with Crippen LogP contribution in [0.15, 0.2) is 41.8 Å². The van der Waals surface area contributed by atoms with Crippen LogP contribution in [-0.4, -0.2) is 24.2 Å². The first kappa shape index (κ1) is 17.0. The molecule has 3 rings (SSSR count). The van der Waals surface area contributed by atoms with Crippen molar-refractivity contribution in [3.05, 3.63) is 52.2 Å². The van der Waals surface area contributed by atoms with E-state index >= 15 is 0 Å². The zero-order chi connectivity index (χ0) is 17.0. The Bertz CT molecular complexity index is 664. The Kier molecular flexibility index (Phi) is 5.21. The molecule has 1 aliphatic rings. The molecular weight excluding hydrogens is 322 g/mol. The van der Waals surface area contributed by atoms with Gasteiger partial charge in [0.25, 0.3) is 0 Å². The van der Waals surface area contributed by atoms with E-state index < -0.39 is 5.60 Å². The largest absolute Gasteiger partial charge is 0.494 e. The summed E-state index contributed by atoms with van der Waals surface area (Å²) in [6.07, 6.45) is 2.34. The number of carbonyl (C=O) groups excluding carboxylic acids is 1. The van der Waals surface area contributed by atoms with Crippen LogP contribution in [0.25, 0.3) is 0 Å². The topological polar surface area (TPSA) is 58.6 Å². The molecule has 1 amide bonds. The lowest BCUT2D eigenvalue weighted by molar-refractivity contribution is -0.122. The number of ether oxygens (including phenoxy) is 1. The molecule has 0 radical (unpaired) electrons. The van der Waals surface area contributed by atoms with E-state index in [4.69, 9.17) is 4.74 Å². The third-order valence-electron chi connectivity index (χ3n) is 4.35. The Morgan fingerprint density at radius 3 is 2.67 bits per heavy atom. The van der Waals surface area contributed by atoms with Crippen LogP contribution < -0.4 is 10.1 Å². The molecule has 2 aromatic rings. The van der Waals surface area contributed by atoms with Crippen molar-refractivity contribution in [2.24, 2.45) is 5.92 Å². The minimum absolute atomic E-state index is 0.0743. The monoisotopic (exact) mass is 345 g/mol. The second-order valence-corrected chi connectivity index (χ2v) is 7.15. The molecular formula is C19H23NO3S. The van der Waals surface area contributed by atoms with Crippen molar-refractivity contribution in [2.75, 3.05) is 13.2 Å². The van der Waals surface area contributed by atoms with Crippen LogP contribution in [0.3, 0.4) is 0 Å². The second kappa shape index (κ2) is 7.36. The standard InChI is InChI=1S/C19H23NO3S/c1-2-23-16-9-5-14(6-10-16)12-18(21)20-13-19(22,15-7-8-15)17-4-3-11-24-17/h3-6,9-11,15,22H,2,7-8,12-13H2,1H3,(H,20,21). The third kappa shape index (κ3) is 3.97. The minimum Gasteiger partial charge on any atom is -0.494 e. The van der Waals surface area contributed by atoms with E-state index in [2.05, 4.69) is 5.32 Å². The Balaban J connectivity index is 1.56. The normalized spacial score (nSPS) is 16.4. The maximum absolute atomic E-state index is 12.2. The predicted molar refractivity (Wildman–Crippen MR) is 95.3 cm³/mol. The summed E-state index contributed by atoms with van der Waals surface area (Å²) in [5.74, 6) is 0.985. The molecule has 1 fully saturated rings. The van der Waals surface area contributed by atoms with E-state index in [0.717, 1.165) is 29.0 Å². The van der Waals surface area contributed by atoms with Gasteiger partial charge in [0.1, 0.15) is 11.4 Å². The van der Waals surface area contributed by atoms with Crippen molar-refractivity contribution in [3.63, 3.8) is 0 Å². The molecule has 2 N–H and O–H groups in total. The average Bonchev–Trinajstić information content (AvgIpc) is 3.30. The van der Waals surface area contributed by atoms with Gasteiger partial charge in [-0.15, -0.1) is 11.3 Å². The molecule has 128 valence electrons. The number of nitrogens with one attached hydrogen (secondary N) is 1. The molecule has 0 saturated heterocycles. The maximum atomic E-state index is 12.2. The van der Waals surface area contributed by atoms with Crippen molar-refractivity contribution in [1.82, 2.24) is 5.32 Å². The van der Waals surface area contributed by atoms with Gasteiger partial charge < -0.3 is 15.2 Å². The average molecular weight is 345 g/mol. The fraction of sp³-hybridized carbons (Fsp3) is 0.421. The molecule has 1 aliphatic carbocycles. The molecule has 0 bridgehead atoms. The Labute approximate surface area is 146 Å². The molecule has 0 aliphatic heterocycles. The number of rotatable bonds is 8. The highest BCUT2D eigenvalue weighted by Crippen LogP contribution is 2.46. The van der Waals surface area contributed by atoms with Crippen LogP contribution in [-0.2, 0) is 16.8 Å². The molecule has 1 aromatic heterocycles. The number of hydrogen-bond donors (Lipinski definition) is 2. The number of carbonyl (C=O) groups is 1. The Hall–Kier alpha value is -1.85. The summed E-state index contributed by atoms with van der Waals surface area (Å²) in [6, 6.07) is 11.4. The highest BCUT2D eigenvalue weighted by Gasteiger charge is 2.45. The summed E-state index contributed by atoms with van der Waals surface area (Å²) in [5.41, 5.74) is 0.00452. The van der Waals surface area contributed by atoms with Gasteiger partial charge in [0, 0.05) is 4.88 Å². The lowest BCUT2D eigenvalue weighted by Crippen LogP contribution is -2.42. The summed E-state index contributed by atoms with van der Waals surface area (Å²) in [4.78, 5) is 13.2. The molecule has 4 nitrogen and oxygen atoms in total. The van der Waals surface area contributed by atoms with Crippen LogP contribution in [0.2, 0.25) is 0 Å². The zero-order valence-electron chi connectivity index (χ0n) is 13.8. The van der Waals surface area contributed by atoms with Crippen molar-refractivity contribution in [2.45, 2.75) is 31.8 Å². The third-order valence-corrected chi connectivity index (χ3v) is 5.39. The summed E-state index contributed by atoms with van der Waals surface area (Å²) in [5, 5.41) is 15.9. The molecule has 1 atom stereocenters. The van der Waals surface area contributed by atoms with E-state index in [-0.39, 0.29) is 18.4 Å². The first-order valence-electron chi connectivity index (χ1n) is 8.36. The van der Waals surface area contributed by atoms with Crippen LogP contribution in [0, 0.1) is 5.92 Å². The van der Waals surface area contributed by atoms with Crippen molar-refractivity contribution < 1.29 is 14.6 Å². The fourth-order valence-electron chi connectivity index (χ4n) is 2.87. The van der Waals surface area contributed by atoms with E-state index in [1.165, 1.54) is 0 Å². The lowest BCUT2D eigenvalue weighted by Gasteiger charge is -2.27. The van der Waals surface area contributed by atoms with Crippen LogP contribution in [0.5, 0.6) is 5.75 Å². The summed E-state index contributed by atoms with van der Waals surface area (Å²) in [6.45, 7) is 2.84. The number of thiophene rings is 1. The molecule has 5 heteroatoms. The number of hydrogen-bond acceptors (Lipinski definition) is 4. The smallest absolute Gasteiger partial charge is 0.224 e. The molecule has 1 saturated carbocycles. The Morgan fingerprint density at radius 1 is 1.33 bits per heavy atom. The first-order valence-corrected chi connectivity index (χ1v) is 9.24. The molecule has 24 heavy (non-hydrogen) atoms. The quantitative estimate of drug-likeness (QED) is 0.773. The van der Waals surface area contributed by atoms with Crippen LogP contribution in [0.4, 0.5) is 0 Å². The highest BCUT2D eigenvalue weighted by molar-refractivity contribution is 7.10. The molecule has 0 spiro atoms. The second-order valence-electron chi connectivity index (χ2n) is 6.21. The van der Waals surface area contributed by atoms with Crippen molar-refractivity contribution in [1.29, 1.82) is 0 Å². The zero-order valence-corrected chi connectivity index (χ0v) is 14.6. The first-order chi connectivity index (χ1) is 11.6. The number of benzene rings is 1. The minimum atomic E-state index is -0.928. The van der Waals surface area contributed by atoms with Crippen molar-refractivity contribution >= 4 is 17.2 Å². The van der Waals surface area contributed by atoms with Crippen molar-refractivity contribution in [3.8, 4) is 5.75 Å². The van der Waals surface area contributed by atoms with E-state index in [1.807, 2.05) is 48.7 Å². The van der Waals surface area contributed by atoms with E-state index in [1.54, 1.807) is 11.3 Å². The van der Waals surface area contributed by atoms with E-state index in [0.29, 0.717) is 13.0 Å². The van der Waals surface area contributed by atoms with E-state index in [9.17, 15) is 9.90 Å². The summed E-state index contributed by atoms with van der Waals surface area (Å²) >= 11 is 1.54. The number of aliphatic hydroxyl groups is 1. The highest BCUT2D eigenvalue weighted by atomic mass is 32.1. The van der Waals surface area contributed by atoms with Crippen LogP contribution >= 0.6 is 11.3 Å². The van der Waals surface area contributed by atoms with Gasteiger partial charge in [0.2, 0.25) is 5.91 Å². The molecule has 1 heterocycles. The Morgan fingerprint density at radius 2 is 2.08 bits per heavy atom. The van der Waals surface area contributed by atoms with Gasteiger partial charge in [-0.2, -0.15) is 0 Å². The molecule has 1 unspecified atom stereocenters. The SMILES string of the molecule is CCOc1ccc(CC(=O)NCC(O)(c2cccs2)C2CC2)cc1. The lowest BCUT2D eigenvalue weighted by atomic mass is 9.95. The maximum Gasteiger partial charge on any atom is 0.224 e. The van der Waals surface area contributed by atoms with Gasteiger partial charge in [-0.25, -0.2) is 0 Å². The van der Waals surface area contributed by atoms with Gasteiger partial charge >= 0.3 is 0 Å². The van der Waals surface area contributed by atoms with Gasteiger partial charge in [-0.3, -0.25) is 4.79 Å².